The number of nitro benzene ring substituents is 1. The van der Waals surface area contributed by atoms with Crippen LogP contribution in [0.15, 0.2) is 23.1 Å². The van der Waals surface area contributed by atoms with Crippen LogP contribution in [0, 0.1) is 10.1 Å². The van der Waals surface area contributed by atoms with Crippen molar-refractivity contribution in [3.8, 4) is 0 Å². The van der Waals surface area contributed by atoms with Crippen LogP contribution in [-0.2, 0) is 10.0 Å². The number of nitrogens with two attached hydrogens (primary N) is 1. The molecule has 1 aliphatic heterocycles. The predicted octanol–water partition coefficient (Wildman–Crippen LogP) is 0.961. The van der Waals surface area contributed by atoms with E-state index in [2.05, 4.69) is 4.72 Å². The van der Waals surface area contributed by atoms with Gasteiger partial charge < -0.3 is 5.73 Å². The molecule has 1 heterocycles. The quantitative estimate of drug-likeness (QED) is 0.486. The summed E-state index contributed by atoms with van der Waals surface area (Å²) < 4.78 is 26.7. The highest BCUT2D eigenvalue weighted by Gasteiger charge is 2.25. The number of hydrogen-bond donors (Lipinski definition) is 2. The molecule has 19 heavy (non-hydrogen) atoms. The van der Waals surface area contributed by atoms with Gasteiger partial charge in [-0.2, -0.15) is 11.8 Å². The molecule has 0 amide bonds. The predicted molar refractivity (Wildman–Crippen MR) is 73.6 cm³/mol. The van der Waals surface area contributed by atoms with Crippen LogP contribution in [0.1, 0.15) is 6.42 Å². The molecule has 2 rings (SSSR count). The lowest BCUT2D eigenvalue weighted by Crippen LogP contribution is -2.34. The number of nitrogen functional groups attached to an aromatic ring is 1. The molecule has 0 saturated carbocycles. The molecule has 1 saturated heterocycles. The number of nitrogens with one attached hydrogen (secondary N) is 1. The number of hydrogen-bond acceptors (Lipinski definition) is 6. The van der Waals surface area contributed by atoms with Crippen LogP contribution in [0.25, 0.3) is 0 Å². The molecule has 1 aromatic carbocycles. The first-order valence-corrected chi connectivity index (χ1v) is 8.18. The third-order valence-corrected chi connectivity index (χ3v) is 5.44. The van der Waals surface area contributed by atoms with E-state index in [1.54, 1.807) is 11.8 Å². The Labute approximate surface area is 114 Å². The van der Waals surface area contributed by atoms with Gasteiger partial charge in [0.15, 0.2) is 0 Å². The fourth-order valence-electron chi connectivity index (χ4n) is 1.76. The van der Waals surface area contributed by atoms with Crippen molar-refractivity contribution in [3.05, 3.63) is 28.3 Å². The summed E-state index contributed by atoms with van der Waals surface area (Å²) in [4.78, 5) is 9.92. The van der Waals surface area contributed by atoms with Crippen molar-refractivity contribution in [1.29, 1.82) is 0 Å². The van der Waals surface area contributed by atoms with E-state index in [0.29, 0.717) is 0 Å². The molecule has 1 aliphatic rings. The minimum atomic E-state index is -3.74. The number of anilines is 1. The molecular formula is C10H13N3O4S2. The minimum Gasteiger partial charge on any atom is -0.393 e. The molecule has 1 atom stereocenters. The number of nitrogens with zero attached hydrogens (tertiary/aromatic N) is 1. The molecule has 1 fully saturated rings. The second-order valence-corrected chi connectivity index (χ2v) is 7.02. The van der Waals surface area contributed by atoms with Crippen molar-refractivity contribution in [3.63, 3.8) is 0 Å². The van der Waals surface area contributed by atoms with E-state index in [4.69, 9.17) is 5.73 Å². The van der Waals surface area contributed by atoms with Crippen molar-refractivity contribution in [2.24, 2.45) is 0 Å². The second-order valence-electron chi connectivity index (χ2n) is 4.16. The van der Waals surface area contributed by atoms with Crippen molar-refractivity contribution in [2.75, 3.05) is 17.2 Å². The summed E-state index contributed by atoms with van der Waals surface area (Å²) in [5, 5.41) is 10.8. The molecule has 7 nitrogen and oxygen atoms in total. The Balaban J connectivity index is 2.29. The van der Waals surface area contributed by atoms with E-state index in [-0.39, 0.29) is 16.6 Å². The Kier molecular flexibility index (Phi) is 3.97. The van der Waals surface area contributed by atoms with E-state index < -0.39 is 20.6 Å². The lowest BCUT2D eigenvalue weighted by molar-refractivity contribution is -0.384. The first-order valence-electron chi connectivity index (χ1n) is 5.54. The van der Waals surface area contributed by atoms with Crippen LogP contribution in [0.3, 0.4) is 0 Å². The zero-order valence-corrected chi connectivity index (χ0v) is 11.5. The van der Waals surface area contributed by atoms with Gasteiger partial charge in [0.25, 0.3) is 5.69 Å². The standard InChI is InChI=1S/C10H13N3O4S2/c11-9-2-1-8(5-10(9)13(14)15)19(16,17)12-7-3-4-18-6-7/h1-2,5,7,12H,3-4,6,11H2. The van der Waals surface area contributed by atoms with Gasteiger partial charge in [-0.3, -0.25) is 10.1 Å². The smallest absolute Gasteiger partial charge is 0.293 e. The highest BCUT2D eigenvalue weighted by atomic mass is 32.2. The number of nitro groups is 1. The van der Waals surface area contributed by atoms with Crippen molar-refractivity contribution in [2.45, 2.75) is 17.4 Å². The van der Waals surface area contributed by atoms with Gasteiger partial charge in [0.1, 0.15) is 5.69 Å². The summed E-state index contributed by atoms with van der Waals surface area (Å²) in [6.07, 6.45) is 0.765. The van der Waals surface area contributed by atoms with Gasteiger partial charge in [-0.05, 0) is 24.3 Å². The SMILES string of the molecule is Nc1ccc(S(=O)(=O)NC2CCSC2)cc1[N+](=O)[O-]. The highest BCUT2D eigenvalue weighted by Crippen LogP contribution is 2.26. The topological polar surface area (TPSA) is 115 Å². The first kappa shape index (κ1) is 14.1. The van der Waals surface area contributed by atoms with Gasteiger partial charge in [0.2, 0.25) is 10.0 Å². The molecule has 0 radical (unpaired) electrons. The molecule has 1 aromatic rings. The van der Waals surface area contributed by atoms with Crippen LogP contribution in [0.4, 0.5) is 11.4 Å². The largest absolute Gasteiger partial charge is 0.393 e. The zero-order valence-electron chi connectivity index (χ0n) is 9.90. The molecule has 3 N–H and O–H groups in total. The third-order valence-electron chi connectivity index (χ3n) is 2.76. The van der Waals surface area contributed by atoms with E-state index in [0.717, 1.165) is 24.0 Å². The summed E-state index contributed by atoms with van der Waals surface area (Å²) in [6.45, 7) is 0. The number of rotatable bonds is 4. The first-order chi connectivity index (χ1) is 8.90. The van der Waals surface area contributed by atoms with Gasteiger partial charge in [-0.15, -0.1) is 0 Å². The summed E-state index contributed by atoms with van der Waals surface area (Å²) >= 11 is 1.67. The monoisotopic (exact) mass is 303 g/mol. The van der Waals surface area contributed by atoms with E-state index in [1.165, 1.54) is 12.1 Å². The maximum absolute atomic E-state index is 12.1. The zero-order chi connectivity index (χ0) is 14.0. The highest BCUT2D eigenvalue weighted by molar-refractivity contribution is 7.99. The Hall–Kier alpha value is -1.32. The molecule has 0 aromatic heterocycles. The fraction of sp³-hybridized carbons (Fsp3) is 0.400. The molecular weight excluding hydrogens is 290 g/mol. The van der Waals surface area contributed by atoms with E-state index in [9.17, 15) is 18.5 Å². The normalized spacial score (nSPS) is 19.5. The number of benzene rings is 1. The Morgan fingerprint density at radius 3 is 2.79 bits per heavy atom. The summed E-state index contributed by atoms with van der Waals surface area (Å²) in [5.41, 5.74) is 4.98. The molecule has 0 bridgehead atoms. The van der Waals surface area contributed by atoms with Crippen LogP contribution in [-0.4, -0.2) is 30.9 Å². The minimum absolute atomic E-state index is 0.0552. The third kappa shape index (κ3) is 3.17. The van der Waals surface area contributed by atoms with Gasteiger partial charge in [0, 0.05) is 17.9 Å². The molecule has 9 heteroatoms. The van der Waals surface area contributed by atoms with Gasteiger partial charge >= 0.3 is 0 Å². The van der Waals surface area contributed by atoms with Crippen molar-refractivity contribution >= 4 is 33.2 Å². The maximum Gasteiger partial charge on any atom is 0.293 e. The fourth-order valence-corrected chi connectivity index (χ4v) is 4.31. The van der Waals surface area contributed by atoms with E-state index >= 15 is 0 Å². The summed E-state index contributed by atoms with van der Waals surface area (Å²) in [5.74, 6) is 1.63. The average molecular weight is 303 g/mol. The van der Waals surface area contributed by atoms with Gasteiger partial charge in [0.05, 0.1) is 9.82 Å². The van der Waals surface area contributed by atoms with Gasteiger partial charge in [-0.25, -0.2) is 13.1 Å². The van der Waals surface area contributed by atoms with Crippen LogP contribution in [0.2, 0.25) is 0 Å². The molecule has 104 valence electrons. The maximum atomic E-state index is 12.1. The van der Waals surface area contributed by atoms with E-state index in [1.807, 2.05) is 0 Å². The Bertz CT molecular complexity index is 597. The lowest BCUT2D eigenvalue weighted by atomic mass is 10.3. The van der Waals surface area contributed by atoms with Gasteiger partial charge in [-0.1, -0.05) is 0 Å². The summed E-state index contributed by atoms with van der Waals surface area (Å²) in [6, 6.07) is 3.37. The van der Waals surface area contributed by atoms with Crippen LogP contribution in [0.5, 0.6) is 0 Å². The molecule has 1 unspecified atom stereocenters. The Morgan fingerprint density at radius 1 is 1.47 bits per heavy atom. The lowest BCUT2D eigenvalue weighted by Gasteiger charge is -2.12. The Morgan fingerprint density at radius 2 is 2.21 bits per heavy atom. The second kappa shape index (κ2) is 5.35. The number of sulfonamides is 1. The van der Waals surface area contributed by atoms with Crippen LogP contribution < -0.4 is 10.5 Å². The molecule has 0 aliphatic carbocycles. The average Bonchev–Trinajstić information content (AvgIpc) is 2.80. The van der Waals surface area contributed by atoms with Crippen molar-refractivity contribution in [1.82, 2.24) is 4.72 Å². The van der Waals surface area contributed by atoms with Crippen LogP contribution >= 0.6 is 11.8 Å². The number of thioether (sulfide) groups is 1. The molecule has 0 spiro atoms. The summed E-state index contributed by atoms with van der Waals surface area (Å²) in [7, 11) is -3.74. The van der Waals surface area contributed by atoms with Crippen molar-refractivity contribution < 1.29 is 13.3 Å².